The minimum atomic E-state index is -0.193. The lowest BCUT2D eigenvalue weighted by atomic mass is 10.2. The molecule has 0 aliphatic rings. The summed E-state index contributed by atoms with van der Waals surface area (Å²) in [6.45, 7) is 6.37. The normalized spacial score (nSPS) is 10.6. The number of nitrogens with zero attached hydrogens (tertiary/aromatic N) is 2. The molecule has 0 unspecified atom stereocenters. The van der Waals surface area contributed by atoms with E-state index in [0.717, 1.165) is 11.4 Å². The predicted octanol–water partition coefficient (Wildman–Crippen LogP) is 1.77. The van der Waals surface area contributed by atoms with Crippen molar-refractivity contribution < 1.29 is 9.53 Å². The molecule has 0 spiro atoms. The van der Waals surface area contributed by atoms with Gasteiger partial charge in [0.15, 0.2) is 0 Å². The molecule has 0 saturated heterocycles. The van der Waals surface area contributed by atoms with Gasteiger partial charge in [0, 0.05) is 18.2 Å². The molecule has 23 heavy (non-hydrogen) atoms. The average molecular weight is 315 g/mol. The number of amides is 1. The zero-order chi connectivity index (χ0) is 16.8. The minimum Gasteiger partial charge on any atom is -0.491 e. The lowest BCUT2D eigenvalue weighted by molar-refractivity contribution is 0.0951. The number of hydrogen-bond donors (Lipinski definition) is 1. The molecule has 1 amide bonds. The van der Waals surface area contributed by atoms with Crippen molar-refractivity contribution in [2.24, 2.45) is 0 Å². The Morgan fingerprint density at radius 3 is 2.57 bits per heavy atom. The highest BCUT2D eigenvalue weighted by Crippen LogP contribution is 2.13. The fourth-order valence-electron chi connectivity index (χ4n) is 2.05. The van der Waals surface area contributed by atoms with Gasteiger partial charge < -0.3 is 10.1 Å². The largest absolute Gasteiger partial charge is 0.491 e. The fraction of sp³-hybridized carbons (Fsp3) is 0.353. The quantitative estimate of drug-likeness (QED) is 0.881. The SMILES string of the molecule is Cc1ccc(=O)n(CCNC(=O)c2ccc(OC(C)C)cc2)n1. The monoisotopic (exact) mass is 315 g/mol. The summed E-state index contributed by atoms with van der Waals surface area (Å²) in [6, 6.07) is 10.1. The standard InChI is InChI=1S/C17H21N3O3/c1-12(2)23-15-7-5-14(6-8-15)17(22)18-10-11-20-16(21)9-4-13(3)19-20/h4-9,12H,10-11H2,1-3H3,(H,18,22). The van der Waals surface area contributed by atoms with E-state index in [1.54, 1.807) is 30.3 Å². The lowest BCUT2D eigenvalue weighted by Crippen LogP contribution is -2.32. The number of rotatable bonds is 6. The topological polar surface area (TPSA) is 73.2 Å². The Hall–Kier alpha value is -2.63. The fourth-order valence-corrected chi connectivity index (χ4v) is 2.05. The zero-order valence-corrected chi connectivity index (χ0v) is 13.6. The van der Waals surface area contributed by atoms with E-state index in [9.17, 15) is 9.59 Å². The van der Waals surface area contributed by atoms with Gasteiger partial charge in [-0.15, -0.1) is 0 Å². The number of ether oxygens (including phenoxy) is 1. The van der Waals surface area contributed by atoms with Crippen molar-refractivity contribution in [3.63, 3.8) is 0 Å². The molecule has 6 heteroatoms. The number of hydrogen-bond acceptors (Lipinski definition) is 4. The van der Waals surface area contributed by atoms with Gasteiger partial charge in [-0.05, 0) is 51.1 Å². The Labute approximate surface area is 135 Å². The first-order valence-electron chi connectivity index (χ1n) is 7.55. The molecule has 122 valence electrons. The van der Waals surface area contributed by atoms with E-state index in [4.69, 9.17) is 4.74 Å². The number of aryl methyl sites for hydroxylation is 1. The van der Waals surface area contributed by atoms with Crippen LogP contribution in [0.1, 0.15) is 29.9 Å². The summed E-state index contributed by atoms with van der Waals surface area (Å²) in [6.07, 6.45) is 0.0924. The van der Waals surface area contributed by atoms with Crippen LogP contribution in [-0.2, 0) is 6.54 Å². The second kappa shape index (κ2) is 7.58. The molecule has 2 aromatic rings. The van der Waals surface area contributed by atoms with E-state index < -0.39 is 0 Å². The van der Waals surface area contributed by atoms with Gasteiger partial charge in [0.1, 0.15) is 5.75 Å². The molecule has 0 aliphatic heterocycles. The van der Waals surface area contributed by atoms with Crippen LogP contribution in [0.3, 0.4) is 0 Å². The summed E-state index contributed by atoms with van der Waals surface area (Å²) >= 11 is 0. The lowest BCUT2D eigenvalue weighted by Gasteiger charge is -2.10. The number of carbonyl (C=O) groups excluding carboxylic acids is 1. The molecule has 2 rings (SSSR count). The number of nitrogens with one attached hydrogen (secondary N) is 1. The predicted molar refractivity (Wildman–Crippen MR) is 87.8 cm³/mol. The Morgan fingerprint density at radius 1 is 1.22 bits per heavy atom. The molecule has 1 aromatic heterocycles. The molecule has 0 aliphatic carbocycles. The Balaban J connectivity index is 1.89. The summed E-state index contributed by atoms with van der Waals surface area (Å²) in [5.74, 6) is 0.536. The van der Waals surface area contributed by atoms with Crippen LogP contribution >= 0.6 is 0 Å². The van der Waals surface area contributed by atoms with E-state index >= 15 is 0 Å². The molecule has 0 saturated carbocycles. The van der Waals surface area contributed by atoms with Gasteiger partial charge in [0.05, 0.1) is 18.3 Å². The van der Waals surface area contributed by atoms with Crippen molar-refractivity contribution in [1.29, 1.82) is 0 Å². The van der Waals surface area contributed by atoms with Crippen LogP contribution < -0.4 is 15.6 Å². The first-order valence-corrected chi connectivity index (χ1v) is 7.55. The number of carbonyl (C=O) groups is 1. The van der Waals surface area contributed by atoms with Gasteiger partial charge in [0.2, 0.25) is 0 Å². The summed E-state index contributed by atoms with van der Waals surface area (Å²) in [5, 5.41) is 6.89. The second-order valence-corrected chi connectivity index (χ2v) is 5.48. The van der Waals surface area contributed by atoms with E-state index in [-0.39, 0.29) is 17.6 Å². The first-order chi connectivity index (χ1) is 11.0. The van der Waals surface area contributed by atoms with E-state index in [2.05, 4.69) is 10.4 Å². The van der Waals surface area contributed by atoms with E-state index in [1.807, 2.05) is 20.8 Å². The summed E-state index contributed by atoms with van der Waals surface area (Å²) < 4.78 is 6.88. The molecule has 0 atom stereocenters. The van der Waals surface area contributed by atoms with Crippen molar-refractivity contribution in [1.82, 2.24) is 15.1 Å². The van der Waals surface area contributed by atoms with Crippen molar-refractivity contribution in [3.05, 3.63) is 58.0 Å². The molecule has 1 heterocycles. The Bertz CT molecular complexity index is 721. The maximum atomic E-state index is 12.1. The van der Waals surface area contributed by atoms with Crippen molar-refractivity contribution in [2.45, 2.75) is 33.4 Å². The van der Waals surface area contributed by atoms with E-state index in [0.29, 0.717) is 18.7 Å². The van der Waals surface area contributed by atoms with Crippen molar-refractivity contribution in [3.8, 4) is 5.75 Å². The molecular formula is C17H21N3O3. The third-order valence-electron chi connectivity index (χ3n) is 3.10. The molecule has 6 nitrogen and oxygen atoms in total. The Kier molecular flexibility index (Phi) is 5.51. The highest BCUT2D eigenvalue weighted by atomic mass is 16.5. The van der Waals surface area contributed by atoms with Crippen molar-refractivity contribution >= 4 is 5.91 Å². The maximum Gasteiger partial charge on any atom is 0.266 e. The van der Waals surface area contributed by atoms with Gasteiger partial charge in [-0.25, -0.2) is 4.68 Å². The van der Waals surface area contributed by atoms with Gasteiger partial charge in [0.25, 0.3) is 11.5 Å². The highest BCUT2D eigenvalue weighted by molar-refractivity contribution is 5.94. The highest BCUT2D eigenvalue weighted by Gasteiger charge is 2.06. The van der Waals surface area contributed by atoms with Gasteiger partial charge in [-0.3, -0.25) is 9.59 Å². The molecule has 1 N–H and O–H groups in total. The summed E-state index contributed by atoms with van der Waals surface area (Å²) in [5.41, 5.74) is 1.13. The van der Waals surface area contributed by atoms with Crippen LogP contribution in [-0.4, -0.2) is 28.3 Å². The average Bonchev–Trinajstić information content (AvgIpc) is 2.50. The molecule has 0 fully saturated rings. The zero-order valence-electron chi connectivity index (χ0n) is 13.6. The Morgan fingerprint density at radius 2 is 1.91 bits per heavy atom. The molecular weight excluding hydrogens is 294 g/mol. The van der Waals surface area contributed by atoms with E-state index in [1.165, 1.54) is 10.7 Å². The third kappa shape index (κ3) is 4.95. The van der Waals surface area contributed by atoms with Crippen LogP contribution in [0, 0.1) is 6.92 Å². The molecule has 0 radical (unpaired) electrons. The number of aromatic nitrogens is 2. The summed E-state index contributed by atoms with van der Waals surface area (Å²) in [4.78, 5) is 23.7. The molecule has 0 bridgehead atoms. The smallest absolute Gasteiger partial charge is 0.266 e. The number of benzene rings is 1. The van der Waals surface area contributed by atoms with Crippen LogP contribution in [0.25, 0.3) is 0 Å². The minimum absolute atomic E-state index is 0.0924. The van der Waals surface area contributed by atoms with Crippen LogP contribution in [0.5, 0.6) is 5.75 Å². The van der Waals surface area contributed by atoms with Crippen LogP contribution in [0.4, 0.5) is 0 Å². The molecule has 1 aromatic carbocycles. The van der Waals surface area contributed by atoms with Crippen molar-refractivity contribution in [2.75, 3.05) is 6.54 Å². The maximum absolute atomic E-state index is 12.1. The second-order valence-electron chi connectivity index (χ2n) is 5.48. The third-order valence-corrected chi connectivity index (χ3v) is 3.10. The van der Waals surface area contributed by atoms with Gasteiger partial charge in [-0.1, -0.05) is 0 Å². The van der Waals surface area contributed by atoms with Gasteiger partial charge in [-0.2, -0.15) is 5.10 Å². The van der Waals surface area contributed by atoms with Crippen LogP contribution in [0.15, 0.2) is 41.2 Å². The van der Waals surface area contributed by atoms with Gasteiger partial charge >= 0.3 is 0 Å². The summed E-state index contributed by atoms with van der Waals surface area (Å²) in [7, 11) is 0. The first kappa shape index (κ1) is 16.7. The van der Waals surface area contributed by atoms with Crippen LogP contribution in [0.2, 0.25) is 0 Å².